The zero-order chi connectivity index (χ0) is 19.3. The predicted molar refractivity (Wildman–Crippen MR) is 99.8 cm³/mol. The Morgan fingerprint density at radius 1 is 1.07 bits per heavy atom. The Labute approximate surface area is 159 Å². The minimum atomic E-state index is -4.54. The molecule has 0 spiro atoms. The van der Waals surface area contributed by atoms with Crippen LogP contribution in [0, 0.1) is 0 Å². The normalized spacial score (nSPS) is 20.0. The molecule has 3 aliphatic heterocycles. The molecule has 0 aliphatic carbocycles. The number of piperazine rings is 1. The molecular weight excluding hydrogens is 379 g/mol. The van der Waals surface area contributed by atoms with Gasteiger partial charge in [0.25, 0.3) is 0 Å². The molecule has 142 valence electrons. The van der Waals surface area contributed by atoms with Gasteiger partial charge in [-0.25, -0.2) is 9.98 Å². The van der Waals surface area contributed by atoms with Crippen molar-refractivity contribution < 1.29 is 13.2 Å². The van der Waals surface area contributed by atoms with Gasteiger partial charge >= 0.3 is 6.18 Å². The summed E-state index contributed by atoms with van der Waals surface area (Å²) >= 11 is 5.92. The number of amidine groups is 2. The van der Waals surface area contributed by atoms with Crippen molar-refractivity contribution in [3.8, 4) is 0 Å². The quantitative estimate of drug-likeness (QED) is 0.625. The van der Waals surface area contributed by atoms with Crippen molar-refractivity contribution in [1.29, 1.82) is 0 Å². The number of hydrogen-bond donors (Lipinski definition) is 0. The first-order valence-electron chi connectivity index (χ1n) is 8.48. The number of benzene rings is 1. The summed E-state index contributed by atoms with van der Waals surface area (Å²) in [5, 5.41) is -0.362. The average molecular weight is 396 g/mol. The number of rotatable bonds is 0. The fraction of sp³-hybridized carbons (Fsp3) is 0.389. The summed E-state index contributed by atoms with van der Waals surface area (Å²) in [4.78, 5) is 15.1. The molecule has 0 N–H and O–H groups in total. The van der Waals surface area contributed by atoms with Gasteiger partial charge < -0.3 is 9.80 Å². The Kier molecular flexibility index (Phi) is 4.29. The van der Waals surface area contributed by atoms with Crippen LogP contribution in [0.25, 0.3) is 0 Å². The van der Waals surface area contributed by atoms with Gasteiger partial charge in [-0.3, -0.25) is 4.90 Å². The molecule has 9 heteroatoms. The Balaban J connectivity index is 1.86. The van der Waals surface area contributed by atoms with E-state index in [1.165, 1.54) is 6.07 Å². The minimum Gasteiger partial charge on any atom is -0.351 e. The van der Waals surface area contributed by atoms with Gasteiger partial charge in [0.2, 0.25) is 0 Å². The monoisotopic (exact) mass is 395 g/mol. The van der Waals surface area contributed by atoms with E-state index in [2.05, 4.69) is 25.5 Å². The molecule has 1 aromatic rings. The van der Waals surface area contributed by atoms with Crippen molar-refractivity contribution in [1.82, 2.24) is 9.80 Å². The maximum atomic E-state index is 13.3. The average Bonchev–Trinajstić information content (AvgIpc) is 2.60. The molecule has 0 radical (unpaired) electrons. The maximum absolute atomic E-state index is 13.3. The van der Waals surface area contributed by atoms with Crippen molar-refractivity contribution >= 4 is 34.6 Å². The molecule has 3 heterocycles. The molecular formula is C18H17ClF3N5. The van der Waals surface area contributed by atoms with E-state index in [1.807, 2.05) is 14.0 Å². The van der Waals surface area contributed by atoms with E-state index in [9.17, 15) is 13.2 Å². The minimum absolute atomic E-state index is 0.220. The van der Waals surface area contributed by atoms with Crippen LogP contribution in [-0.2, 0) is 6.18 Å². The lowest BCUT2D eigenvalue weighted by Gasteiger charge is -2.39. The van der Waals surface area contributed by atoms with Crippen molar-refractivity contribution in [2.75, 3.05) is 38.1 Å². The van der Waals surface area contributed by atoms with E-state index in [-0.39, 0.29) is 10.7 Å². The largest absolute Gasteiger partial charge is 0.417 e. The molecule has 4 rings (SSSR count). The third kappa shape index (κ3) is 3.25. The first-order chi connectivity index (χ1) is 12.7. The zero-order valence-electron chi connectivity index (χ0n) is 14.8. The van der Waals surface area contributed by atoms with E-state index >= 15 is 0 Å². The molecule has 0 atom stereocenters. The topological polar surface area (TPSA) is 34.4 Å². The molecule has 5 nitrogen and oxygen atoms in total. The fourth-order valence-corrected chi connectivity index (χ4v) is 3.52. The Hall–Kier alpha value is -2.28. The first kappa shape index (κ1) is 18.1. The van der Waals surface area contributed by atoms with Crippen molar-refractivity contribution in [3.63, 3.8) is 0 Å². The lowest BCUT2D eigenvalue weighted by atomic mass is 10.1. The number of halogens is 4. The van der Waals surface area contributed by atoms with E-state index in [0.29, 0.717) is 23.1 Å². The summed E-state index contributed by atoms with van der Waals surface area (Å²) in [5.41, 5.74) is 3.48. The van der Waals surface area contributed by atoms with Gasteiger partial charge in [-0.05, 0) is 26.1 Å². The lowest BCUT2D eigenvalue weighted by Crippen LogP contribution is -2.53. The van der Waals surface area contributed by atoms with Crippen molar-refractivity contribution in [2.45, 2.75) is 13.1 Å². The number of aliphatic imine (C=N–C) groups is 2. The summed E-state index contributed by atoms with van der Waals surface area (Å²) in [7, 11) is 2.03. The van der Waals surface area contributed by atoms with Crippen LogP contribution >= 0.6 is 11.6 Å². The SMILES string of the molecule is CC1=C=CN2C(=N1)C(N1CCN(C)CC1)=Nc1cc(C(F)(F)F)c(Cl)cc12. The van der Waals surface area contributed by atoms with E-state index in [4.69, 9.17) is 11.6 Å². The van der Waals surface area contributed by atoms with Crippen LogP contribution in [0.3, 0.4) is 0 Å². The van der Waals surface area contributed by atoms with Crippen LogP contribution < -0.4 is 4.90 Å². The van der Waals surface area contributed by atoms with Gasteiger partial charge in [0.05, 0.1) is 33.9 Å². The Morgan fingerprint density at radius 3 is 2.44 bits per heavy atom. The van der Waals surface area contributed by atoms with Gasteiger partial charge in [-0.15, -0.1) is 0 Å². The Bertz CT molecular complexity index is 920. The highest BCUT2D eigenvalue weighted by Gasteiger charge is 2.37. The van der Waals surface area contributed by atoms with Crippen LogP contribution in [0.15, 0.2) is 39.7 Å². The number of likely N-dealkylation sites (N-methyl/N-ethyl adjacent to an activating group) is 1. The molecule has 1 saturated heterocycles. The fourth-order valence-electron chi connectivity index (χ4n) is 3.25. The first-order valence-corrected chi connectivity index (χ1v) is 8.86. The highest BCUT2D eigenvalue weighted by atomic mass is 35.5. The molecule has 0 unspecified atom stereocenters. The van der Waals surface area contributed by atoms with Gasteiger partial charge in [-0.1, -0.05) is 17.3 Å². The maximum Gasteiger partial charge on any atom is 0.417 e. The van der Waals surface area contributed by atoms with Gasteiger partial charge in [0.1, 0.15) is 0 Å². The molecule has 0 amide bonds. The van der Waals surface area contributed by atoms with Crippen LogP contribution in [0.4, 0.5) is 24.5 Å². The van der Waals surface area contributed by atoms with Crippen LogP contribution in [-0.4, -0.2) is 54.7 Å². The summed E-state index contributed by atoms with van der Waals surface area (Å²) in [6, 6.07) is 2.29. The molecule has 1 aromatic carbocycles. The van der Waals surface area contributed by atoms with Crippen LogP contribution in [0.2, 0.25) is 5.02 Å². The van der Waals surface area contributed by atoms with E-state index in [0.717, 1.165) is 32.2 Å². The second kappa shape index (κ2) is 6.41. The zero-order valence-corrected chi connectivity index (χ0v) is 15.6. The third-order valence-corrected chi connectivity index (χ3v) is 5.08. The number of alkyl halides is 3. The molecule has 3 aliphatic rings. The van der Waals surface area contributed by atoms with E-state index in [1.54, 1.807) is 11.1 Å². The highest BCUT2D eigenvalue weighted by molar-refractivity contribution is 6.48. The molecule has 0 bridgehead atoms. The summed E-state index contributed by atoms with van der Waals surface area (Å²) in [6.45, 7) is 4.96. The standard InChI is InChI=1S/C18H17ClF3N5/c1-11-3-4-27-15-10-13(19)12(18(20,21)22)9-14(15)24-16(17(27)23-11)26-7-5-25(2)6-8-26/h4,9-10H,5-8H2,1-2H3. The summed E-state index contributed by atoms with van der Waals surface area (Å²) < 4.78 is 39.9. The number of hydrogen-bond acceptors (Lipinski definition) is 5. The van der Waals surface area contributed by atoms with Gasteiger partial charge in [-0.2, -0.15) is 13.2 Å². The second-order valence-corrected chi connectivity index (χ2v) is 7.12. The number of nitrogens with zero attached hydrogens (tertiary/aromatic N) is 5. The van der Waals surface area contributed by atoms with Crippen molar-refractivity contribution in [3.05, 3.63) is 40.3 Å². The number of allylic oxidation sites excluding steroid dienone is 1. The highest BCUT2D eigenvalue weighted by Crippen LogP contribution is 2.44. The number of fused-ring (bicyclic) bond motifs is 3. The summed E-state index contributed by atoms with van der Waals surface area (Å²) in [6.07, 6.45) is -2.87. The smallest absolute Gasteiger partial charge is 0.351 e. The van der Waals surface area contributed by atoms with E-state index < -0.39 is 11.7 Å². The summed E-state index contributed by atoms with van der Waals surface area (Å²) in [5.74, 6) is 1.15. The molecule has 0 saturated carbocycles. The molecule has 1 fully saturated rings. The van der Waals surface area contributed by atoms with Crippen molar-refractivity contribution in [2.24, 2.45) is 9.98 Å². The Morgan fingerprint density at radius 2 is 1.78 bits per heavy atom. The van der Waals surface area contributed by atoms with Crippen LogP contribution in [0.1, 0.15) is 12.5 Å². The van der Waals surface area contributed by atoms with Crippen LogP contribution in [0.5, 0.6) is 0 Å². The van der Waals surface area contributed by atoms with Gasteiger partial charge in [0, 0.05) is 26.2 Å². The third-order valence-electron chi connectivity index (χ3n) is 4.76. The number of anilines is 1. The second-order valence-electron chi connectivity index (χ2n) is 6.71. The lowest BCUT2D eigenvalue weighted by molar-refractivity contribution is -0.137. The molecule has 27 heavy (non-hydrogen) atoms. The predicted octanol–water partition coefficient (Wildman–Crippen LogP) is 3.88. The van der Waals surface area contributed by atoms with Gasteiger partial charge in [0.15, 0.2) is 11.7 Å². The molecule has 0 aromatic heterocycles.